The molecule has 8 nitrogen and oxygen atoms in total. The normalized spacial score (nSPS) is 12.3. The number of pyridine rings is 2. The largest absolute Gasteiger partial charge is 0.313 e. The molecule has 0 bridgehead atoms. The minimum Gasteiger partial charge on any atom is -0.282 e. The van der Waals surface area contributed by atoms with Crippen molar-refractivity contribution in [3.05, 3.63) is 35.5 Å². The van der Waals surface area contributed by atoms with E-state index in [9.17, 15) is 25.9 Å². The van der Waals surface area contributed by atoms with Crippen molar-refractivity contribution in [1.82, 2.24) is 9.97 Å². The van der Waals surface area contributed by atoms with Crippen molar-refractivity contribution in [2.24, 2.45) is 0 Å². The van der Waals surface area contributed by atoms with Crippen LogP contribution in [0.2, 0.25) is 0 Å². The van der Waals surface area contributed by atoms with Crippen molar-refractivity contribution in [1.29, 1.82) is 0 Å². The maximum Gasteiger partial charge on any atom is 0.313 e. The topological polar surface area (TPSA) is 135 Å². The van der Waals surface area contributed by atoms with Crippen molar-refractivity contribution in [2.75, 3.05) is 0 Å². The van der Waals surface area contributed by atoms with Crippen LogP contribution in [0.25, 0.3) is 21.8 Å². The molecule has 25 heavy (non-hydrogen) atoms. The van der Waals surface area contributed by atoms with Gasteiger partial charge in [-0.2, -0.15) is 16.8 Å². The third-order valence-electron chi connectivity index (χ3n) is 3.76. The number of hydrogen-bond acceptors (Lipinski definition) is 6. The Balaban J connectivity index is 0.00000225. The van der Waals surface area contributed by atoms with Crippen LogP contribution in [0.3, 0.4) is 0 Å². The molecular formula is C14H12EuN2O6S2. The maximum absolute atomic E-state index is 11.6. The SMILES string of the molecule is Cc1ccnc2c1ccc1c(C)c(S(=O)(=O)O)c(S(=O)(=O)O)nc12.[Eu]. The molecule has 2 N–H and O–H groups in total. The minimum absolute atomic E-state index is 0. The summed E-state index contributed by atoms with van der Waals surface area (Å²) in [4.78, 5) is 7.04. The molecule has 133 valence electrons. The molecule has 1 aromatic carbocycles. The van der Waals surface area contributed by atoms with Crippen LogP contribution in [0.5, 0.6) is 0 Å². The van der Waals surface area contributed by atoms with Gasteiger partial charge in [0.05, 0.1) is 11.0 Å². The second-order valence-corrected chi connectivity index (χ2v) is 8.00. The molecule has 3 aromatic rings. The Morgan fingerprint density at radius 1 is 0.880 bits per heavy atom. The molecule has 0 spiro atoms. The van der Waals surface area contributed by atoms with Gasteiger partial charge in [-0.1, -0.05) is 12.1 Å². The first-order chi connectivity index (χ1) is 11.0. The van der Waals surface area contributed by atoms with Gasteiger partial charge in [-0.05, 0) is 31.0 Å². The number of aryl methyl sites for hydroxylation is 2. The summed E-state index contributed by atoms with van der Waals surface area (Å²) in [6.45, 7) is 3.16. The Kier molecular flexibility index (Phi) is 5.71. The first kappa shape index (κ1) is 20.8. The summed E-state index contributed by atoms with van der Waals surface area (Å²) in [5.74, 6) is 0. The maximum atomic E-state index is 11.6. The van der Waals surface area contributed by atoms with Crippen LogP contribution in [0.4, 0.5) is 0 Å². The van der Waals surface area contributed by atoms with Crippen LogP contribution in [0.1, 0.15) is 11.1 Å². The van der Waals surface area contributed by atoms with E-state index in [4.69, 9.17) is 0 Å². The third kappa shape index (κ3) is 3.64. The van der Waals surface area contributed by atoms with Crippen molar-refractivity contribution in [3.8, 4) is 0 Å². The van der Waals surface area contributed by atoms with Gasteiger partial charge < -0.3 is 0 Å². The molecular weight excluding hydrogens is 508 g/mol. The molecule has 11 heteroatoms. The van der Waals surface area contributed by atoms with Crippen molar-refractivity contribution >= 4 is 42.0 Å². The first-order valence-corrected chi connectivity index (χ1v) is 9.53. The van der Waals surface area contributed by atoms with E-state index in [1.807, 2.05) is 6.92 Å². The fraction of sp³-hybridized carbons (Fsp3) is 0.143. The molecule has 0 amide bonds. The Labute approximate surface area is 184 Å². The number of aromatic nitrogens is 2. The molecule has 0 atom stereocenters. The van der Waals surface area contributed by atoms with Gasteiger partial charge >= 0.3 is 10.1 Å². The fourth-order valence-electron chi connectivity index (χ4n) is 2.67. The molecule has 0 aliphatic rings. The molecule has 1 radical (unpaired) electrons. The van der Waals surface area contributed by atoms with Crippen molar-refractivity contribution < 1.29 is 75.3 Å². The summed E-state index contributed by atoms with van der Waals surface area (Å²) in [5, 5.41) is -0.107. The van der Waals surface area contributed by atoms with Crippen molar-refractivity contribution in [3.63, 3.8) is 0 Å². The molecule has 0 aliphatic carbocycles. The molecule has 0 saturated carbocycles. The summed E-state index contributed by atoms with van der Waals surface area (Å²) in [7, 11) is -9.91. The molecule has 0 aliphatic heterocycles. The Bertz CT molecular complexity index is 1220. The molecule has 3 rings (SSSR count). The van der Waals surface area contributed by atoms with Gasteiger partial charge in [-0.3, -0.25) is 14.1 Å². The summed E-state index contributed by atoms with van der Waals surface area (Å²) >= 11 is 0. The quantitative estimate of drug-likeness (QED) is 0.387. The van der Waals surface area contributed by atoms with E-state index in [1.54, 1.807) is 18.2 Å². The van der Waals surface area contributed by atoms with Crippen LogP contribution in [0, 0.1) is 63.2 Å². The second kappa shape index (κ2) is 6.88. The Hall–Kier alpha value is -0.556. The van der Waals surface area contributed by atoms with Gasteiger partial charge in [0.1, 0.15) is 4.90 Å². The summed E-state index contributed by atoms with van der Waals surface area (Å²) in [6.07, 6.45) is 1.51. The van der Waals surface area contributed by atoms with Gasteiger partial charge in [-0.15, -0.1) is 0 Å². The van der Waals surface area contributed by atoms with E-state index >= 15 is 0 Å². The number of hydrogen-bond donors (Lipinski definition) is 2. The van der Waals surface area contributed by atoms with E-state index in [1.165, 1.54) is 13.1 Å². The Morgan fingerprint density at radius 3 is 2.04 bits per heavy atom. The summed E-state index contributed by atoms with van der Waals surface area (Å²) in [6, 6.07) is 5.03. The van der Waals surface area contributed by atoms with Gasteiger partial charge in [0.2, 0.25) is 5.03 Å². The van der Waals surface area contributed by atoms with E-state index in [0.717, 1.165) is 5.56 Å². The second-order valence-electron chi connectivity index (χ2n) is 5.31. The zero-order chi connectivity index (χ0) is 17.9. The van der Waals surface area contributed by atoms with E-state index in [2.05, 4.69) is 9.97 Å². The van der Waals surface area contributed by atoms with Gasteiger partial charge in [0.25, 0.3) is 10.1 Å². The third-order valence-corrected chi connectivity index (χ3v) is 5.69. The minimum atomic E-state index is -4.99. The predicted molar refractivity (Wildman–Crippen MR) is 86.1 cm³/mol. The van der Waals surface area contributed by atoms with E-state index < -0.39 is 30.2 Å². The fourth-order valence-corrected chi connectivity index (χ4v) is 4.66. The number of benzene rings is 1. The van der Waals surface area contributed by atoms with Crippen LogP contribution in [-0.2, 0) is 20.2 Å². The molecule has 0 fully saturated rings. The molecule has 2 heterocycles. The number of nitrogens with zero attached hydrogens (tertiary/aromatic N) is 2. The van der Waals surface area contributed by atoms with Crippen LogP contribution < -0.4 is 0 Å². The summed E-state index contributed by atoms with van der Waals surface area (Å²) in [5.41, 5.74) is 1.31. The molecule has 0 unspecified atom stereocenters. The summed E-state index contributed by atoms with van der Waals surface area (Å²) < 4.78 is 65.1. The van der Waals surface area contributed by atoms with Crippen LogP contribution in [0.15, 0.2) is 34.3 Å². The monoisotopic (exact) mass is 521 g/mol. The Morgan fingerprint density at radius 2 is 1.48 bits per heavy atom. The van der Waals surface area contributed by atoms with Gasteiger partial charge in [0, 0.05) is 66.3 Å². The van der Waals surface area contributed by atoms with E-state index in [-0.39, 0.29) is 60.5 Å². The first-order valence-electron chi connectivity index (χ1n) is 6.65. The molecule has 0 saturated heterocycles. The molecule has 2 aromatic heterocycles. The zero-order valence-corrected chi connectivity index (χ0v) is 17.0. The average Bonchev–Trinajstić information content (AvgIpc) is 2.45. The zero-order valence-electron chi connectivity index (χ0n) is 12.9. The standard InChI is InChI=1S/C14H12N2O6S2.Eu/c1-7-5-6-15-11-9(7)3-4-10-8(2)13(23(17,18)19)14(16-12(10)11)24(20,21)22;/h3-6H,1-2H3,(H,17,18,19)(H,20,21,22);. The number of rotatable bonds is 2. The van der Waals surface area contributed by atoms with Crippen LogP contribution in [-0.4, -0.2) is 35.9 Å². The van der Waals surface area contributed by atoms with Gasteiger partial charge in [0.15, 0.2) is 0 Å². The van der Waals surface area contributed by atoms with Crippen LogP contribution >= 0.6 is 0 Å². The average molecular weight is 520 g/mol. The van der Waals surface area contributed by atoms with E-state index in [0.29, 0.717) is 16.3 Å². The van der Waals surface area contributed by atoms with Gasteiger partial charge in [-0.25, -0.2) is 4.98 Å². The number of fused-ring (bicyclic) bond motifs is 3. The smallest absolute Gasteiger partial charge is 0.282 e. The predicted octanol–water partition coefficient (Wildman–Crippen LogP) is 1.89. The van der Waals surface area contributed by atoms with Crippen molar-refractivity contribution in [2.45, 2.75) is 23.8 Å².